The van der Waals surface area contributed by atoms with Gasteiger partial charge in [-0.25, -0.2) is 4.79 Å². The lowest BCUT2D eigenvalue weighted by molar-refractivity contribution is 0.0109. The van der Waals surface area contributed by atoms with Crippen LogP contribution in [-0.4, -0.2) is 39.5 Å². The molecule has 0 saturated heterocycles. The van der Waals surface area contributed by atoms with Gasteiger partial charge in [0.15, 0.2) is 0 Å². The van der Waals surface area contributed by atoms with Crippen molar-refractivity contribution in [1.82, 2.24) is 10.3 Å². The fraction of sp³-hybridized carbons (Fsp3) is 0.538. The predicted molar refractivity (Wildman–Crippen MR) is 69.4 cm³/mol. The average Bonchev–Trinajstić information content (AvgIpc) is 2.34. The first-order chi connectivity index (χ1) is 8.79. The summed E-state index contributed by atoms with van der Waals surface area (Å²) in [7, 11) is 0. The van der Waals surface area contributed by atoms with E-state index in [1.54, 1.807) is 39.0 Å². The normalized spacial score (nSPS) is 14.6. The zero-order chi connectivity index (χ0) is 14.5. The molecule has 1 amide bonds. The molecule has 0 aliphatic heterocycles. The molecule has 1 heterocycles. The molecule has 0 aliphatic carbocycles. The second kappa shape index (κ2) is 6.49. The van der Waals surface area contributed by atoms with Crippen LogP contribution in [0.2, 0.25) is 0 Å². The molecule has 106 valence electrons. The first-order valence-electron chi connectivity index (χ1n) is 6.03. The lowest BCUT2D eigenvalue weighted by Gasteiger charge is -2.22. The number of pyridine rings is 1. The van der Waals surface area contributed by atoms with Crippen LogP contribution in [0.15, 0.2) is 24.4 Å². The van der Waals surface area contributed by atoms with Crippen molar-refractivity contribution in [2.75, 3.05) is 6.54 Å². The molecule has 6 nitrogen and oxygen atoms in total. The van der Waals surface area contributed by atoms with Gasteiger partial charge in [-0.2, -0.15) is 0 Å². The number of amides is 1. The van der Waals surface area contributed by atoms with Crippen molar-refractivity contribution in [1.29, 1.82) is 0 Å². The third kappa shape index (κ3) is 5.67. The number of nitrogens with zero attached hydrogens (tertiary/aromatic N) is 1. The molecule has 1 rings (SSSR count). The number of hydrogen-bond donors (Lipinski definition) is 3. The average molecular weight is 268 g/mol. The Labute approximate surface area is 112 Å². The van der Waals surface area contributed by atoms with Gasteiger partial charge < -0.3 is 20.3 Å². The molecule has 0 aromatic carbocycles. The van der Waals surface area contributed by atoms with Crippen molar-refractivity contribution in [2.24, 2.45) is 0 Å². The Morgan fingerprint density at radius 3 is 2.63 bits per heavy atom. The monoisotopic (exact) mass is 268 g/mol. The molecule has 1 aromatic heterocycles. The third-order valence-electron chi connectivity index (χ3n) is 2.21. The van der Waals surface area contributed by atoms with E-state index in [1.807, 2.05) is 0 Å². The van der Waals surface area contributed by atoms with Gasteiger partial charge in [-0.3, -0.25) is 4.98 Å². The van der Waals surface area contributed by atoms with E-state index in [1.165, 1.54) is 6.20 Å². The van der Waals surface area contributed by atoms with Crippen molar-refractivity contribution < 1.29 is 19.7 Å². The van der Waals surface area contributed by atoms with Crippen LogP contribution in [0.5, 0.6) is 0 Å². The number of aromatic nitrogens is 1. The largest absolute Gasteiger partial charge is 0.444 e. The van der Waals surface area contributed by atoms with E-state index in [-0.39, 0.29) is 6.54 Å². The standard InChI is InChI=1S/C13H20N2O4/c1-13(2,3)19-12(18)15-8-10(16)11(17)9-6-4-5-7-14-9/h4-7,10-11,16-17H,8H2,1-3H3,(H,15,18). The number of aliphatic hydroxyl groups is 2. The number of ether oxygens (including phenoxy) is 1. The Morgan fingerprint density at radius 2 is 2.11 bits per heavy atom. The summed E-state index contributed by atoms with van der Waals surface area (Å²) in [6.07, 6.45) is -1.43. The Morgan fingerprint density at radius 1 is 1.42 bits per heavy atom. The van der Waals surface area contributed by atoms with Crippen LogP contribution in [0.3, 0.4) is 0 Å². The van der Waals surface area contributed by atoms with Crippen LogP contribution in [0, 0.1) is 0 Å². The van der Waals surface area contributed by atoms with Gasteiger partial charge in [0.25, 0.3) is 0 Å². The maximum atomic E-state index is 11.4. The van der Waals surface area contributed by atoms with Gasteiger partial charge in [0, 0.05) is 12.7 Å². The summed E-state index contributed by atoms with van der Waals surface area (Å²) < 4.78 is 5.02. The van der Waals surface area contributed by atoms with E-state index in [9.17, 15) is 15.0 Å². The predicted octanol–water partition coefficient (Wildman–Crippen LogP) is 1.00. The number of carbonyl (C=O) groups excluding carboxylic acids is 1. The van der Waals surface area contributed by atoms with E-state index in [0.29, 0.717) is 5.69 Å². The van der Waals surface area contributed by atoms with Crippen LogP contribution in [0.1, 0.15) is 32.6 Å². The van der Waals surface area contributed by atoms with E-state index >= 15 is 0 Å². The van der Waals surface area contributed by atoms with Gasteiger partial charge in [0.05, 0.1) is 5.69 Å². The minimum absolute atomic E-state index is 0.118. The molecule has 0 saturated carbocycles. The summed E-state index contributed by atoms with van der Waals surface area (Å²) in [4.78, 5) is 15.3. The van der Waals surface area contributed by atoms with Gasteiger partial charge >= 0.3 is 6.09 Å². The van der Waals surface area contributed by atoms with Gasteiger partial charge in [-0.05, 0) is 32.9 Å². The fourth-order valence-corrected chi connectivity index (χ4v) is 1.36. The van der Waals surface area contributed by atoms with Crippen molar-refractivity contribution in [3.63, 3.8) is 0 Å². The lowest BCUT2D eigenvalue weighted by Crippen LogP contribution is -2.39. The number of hydrogen-bond acceptors (Lipinski definition) is 5. The summed E-state index contributed by atoms with van der Waals surface area (Å²) in [5, 5.41) is 22.0. The first kappa shape index (κ1) is 15.4. The van der Waals surface area contributed by atoms with Crippen molar-refractivity contribution in [3.8, 4) is 0 Å². The van der Waals surface area contributed by atoms with Gasteiger partial charge in [-0.1, -0.05) is 6.07 Å². The van der Waals surface area contributed by atoms with E-state index in [4.69, 9.17) is 4.74 Å². The summed E-state index contributed by atoms with van der Waals surface area (Å²) in [5.41, 5.74) is -0.254. The van der Waals surface area contributed by atoms with E-state index in [2.05, 4.69) is 10.3 Å². The Hall–Kier alpha value is -1.66. The highest BCUT2D eigenvalue weighted by molar-refractivity contribution is 5.67. The molecule has 6 heteroatoms. The van der Waals surface area contributed by atoms with E-state index < -0.39 is 23.9 Å². The van der Waals surface area contributed by atoms with Crippen LogP contribution in [0.4, 0.5) is 4.79 Å². The maximum absolute atomic E-state index is 11.4. The van der Waals surface area contributed by atoms with Gasteiger partial charge in [0.1, 0.15) is 17.8 Å². The first-order valence-corrected chi connectivity index (χ1v) is 6.03. The molecule has 19 heavy (non-hydrogen) atoms. The zero-order valence-electron chi connectivity index (χ0n) is 11.3. The molecule has 3 N–H and O–H groups in total. The molecule has 0 spiro atoms. The fourth-order valence-electron chi connectivity index (χ4n) is 1.36. The van der Waals surface area contributed by atoms with Gasteiger partial charge in [-0.15, -0.1) is 0 Å². The van der Waals surface area contributed by atoms with Crippen LogP contribution < -0.4 is 5.32 Å². The Kier molecular flexibility index (Phi) is 5.26. The summed E-state index contributed by atoms with van der Waals surface area (Å²) in [5.74, 6) is 0. The topological polar surface area (TPSA) is 91.7 Å². The highest BCUT2D eigenvalue weighted by Gasteiger charge is 2.21. The molecule has 2 atom stereocenters. The molecule has 1 aromatic rings. The molecular formula is C13H20N2O4. The Bertz CT molecular complexity index is 403. The molecule has 0 aliphatic rings. The minimum Gasteiger partial charge on any atom is -0.444 e. The number of nitrogens with one attached hydrogen (secondary N) is 1. The van der Waals surface area contributed by atoms with E-state index in [0.717, 1.165) is 0 Å². The van der Waals surface area contributed by atoms with Crippen molar-refractivity contribution >= 4 is 6.09 Å². The SMILES string of the molecule is CC(C)(C)OC(=O)NCC(O)C(O)c1ccccn1. The van der Waals surface area contributed by atoms with Crippen LogP contribution in [0.25, 0.3) is 0 Å². The number of rotatable bonds is 4. The highest BCUT2D eigenvalue weighted by atomic mass is 16.6. The lowest BCUT2D eigenvalue weighted by atomic mass is 10.1. The quantitative estimate of drug-likeness (QED) is 0.757. The summed E-state index contributed by atoms with van der Waals surface area (Å²) in [6, 6.07) is 5.02. The molecule has 0 bridgehead atoms. The van der Waals surface area contributed by atoms with Crippen LogP contribution >= 0.6 is 0 Å². The maximum Gasteiger partial charge on any atom is 0.407 e. The highest BCUT2D eigenvalue weighted by Crippen LogP contribution is 2.13. The summed E-state index contributed by atoms with van der Waals surface area (Å²) in [6.45, 7) is 5.11. The van der Waals surface area contributed by atoms with Crippen molar-refractivity contribution in [2.45, 2.75) is 38.6 Å². The molecule has 2 unspecified atom stereocenters. The second-order valence-electron chi connectivity index (χ2n) is 5.15. The van der Waals surface area contributed by atoms with Crippen LogP contribution in [-0.2, 0) is 4.74 Å². The van der Waals surface area contributed by atoms with Gasteiger partial charge in [0.2, 0.25) is 0 Å². The third-order valence-corrected chi connectivity index (χ3v) is 2.21. The number of alkyl carbamates (subject to hydrolysis) is 1. The number of carbonyl (C=O) groups is 1. The number of aliphatic hydroxyl groups excluding tert-OH is 2. The minimum atomic E-state index is -1.16. The molecule has 0 fully saturated rings. The smallest absolute Gasteiger partial charge is 0.407 e. The summed E-state index contributed by atoms with van der Waals surface area (Å²) >= 11 is 0. The zero-order valence-corrected chi connectivity index (χ0v) is 11.3. The molecular weight excluding hydrogens is 248 g/mol. The molecule has 0 radical (unpaired) electrons. The second-order valence-corrected chi connectivity index (χ2v) is 5.15. The van der Waals surface area contributed by atoms with Crippen molar-refractivity contribution in [3.05, 3.63) is 30.1 Å². The Balaban J connectivity index is 2.43.